The van der Waals surface area contributed by atoms with Crippen LogP contribution in [0.1, 0.15) is 21.5 Å². The van der Waals surface area contributed by atoms with Crippen LogP contribution in [0.2, 0.25) is 5.02 Å². The average Bonchev–Trinajstić information content (AvgIpc) is 3.09. The highest BCUT2D eigenvalue weighted by molar-refractivity contribution is 6.31. The van der Waals surface area contributed by atoms with Crippen LogP contribution in [0.25, 0.3) is 22.2 Å². The molecule has 3 aromatic carbocycles. The standard InChI is InChI=1S/C22H17ClN2O2/c1-13-6-8-15(9-7-13)21-17-12-16(10-11-20(17)25-27-21)22(26)24-19-5-3-4-18(23)14(19)2/h3-12H,1-2H3,(H,24,26). The topological polar surface area (TPSA) is 55.1 Å². The second-order valence-electron chi connectivity index (χ2n) is 6.48. The second-order valence-corrected chi connectivity index (χ2v) is 6.88. The number of aryl methyl sites for hydroxylation is 1. The summed E-state index contributed by atoms with van der Waals surface area (Å²) in [6.45, 7) is 3.90. The Hall–Kier alpha value is -3.11. The average molecular weight is 377 g/mol. The quantitative estimate of drug-likeness (QED) is 0.475. The third-order valence-electron chi connectivity index (χ3n) is 4.57. The number of hydrogen-bond acceptors (Lipinski definition) is 3. The van der Waals surface area contributed by atoms with Crippen LogP contribution in [0.3, 0.4) is 0 Å². The van der Waals surface area contributed by atoms with Gasteiger partial charge in [-0.1, -0.05) is 52.7 Å². The lowest BCUT2D eigenvalue weighted by atomic mass is 10.0. The van der Waals surface area contributed by atoms with E-state index >= 15 is 0 Å². The number of hydrogen-bond donors (Lipinski definition) is 1. The molecular weight excluding hydrogens is 360 g/mol. The zero-order chi connectivity index (χ0) is 19.0. The van der Waals surface area contributed by atoms with Gasteiger partial charge in [-0.25, -0.2) is 0 Å². The van der Waals surface area contributed by atoms with Gasteiger partial charge >= 0.3 is 0 Å². The summed E-state index contributed by atoms with van der Waals surface area (Å²) in [6.07, 6.45) is 0. The van der Waals surface area contributed by atoms with Crippen LogP contribution in [-0.4, -0.2) is 11.1 Å². The van der Waals surface area contributed by atoms with Crippen molar-refractivity contribution in [3.63, 3.8) is 0 Å². The first kappa shape index (κ1) is 17.3. The van der Waals surface area contributed by atoms with E-state index in [2.05, 4.69) is 10.5 Å². The van der Waals surface area contributed by atoms with Crippen LogP contribution in [-0.2, 0) is 0 Å². The SMILES string of the molecule is Cc1ccc(-c2onc3ccc(C(=O)Nc4cccc(Cl)c4C)cc23)cc1. The van der Waals surface area contributed by atoms with E-state index in [-0.39, 0.29) is 5.91 Å². The van der Waals surface area contributed by atoms with Gasteiger partial charge in [-0.3, -0.25) is 4.79 Å². The van der Waals surface area contributed by atoms with Crippen LogP contribution in [0.5, 0.6) is 0 Å². The number of aromatic nitrogens is 1. The van der Waals surface area contributed by atoms with E-state index in [1.54, 1.807) is 24.3 Å². The molecule has 4 aromatic rings. The summed E-state index contributed by atoms with van der Waals surface area (Å²) in [6, 6.07) is 18.8. The highest BCUT2D eigenvalue weighted by Gasteiger charge is 2.15. The van der Waals surface area contributed by atoms with Crippen LogP contribution in [0.15, 0.2) is 65.2 Å². The normalized spacial score (nSPS) is 10.9. The zero-order valence-corrected chi connectivity index (χ0v) is 15.7. The van der Waals surface area contributed by atoms with Gasteiger partial charge in [0.05, 0.1) is 5.39 Å². The zero-order valence-electron chi connectivity index (χ0n) is 14.9. The van der Waals surface area contributed by atoms with Crippen LogP contribution >= 0.6 is 11.6 Å². The molecule has 0 bridgehead atoms. The molecule has 0 unspecified atom stereocenters. The summed E-state index contributed by atoms with van der Waals surface area (Å²) in [5.74, 6) is 0.442. The fourth-order valence-corrected chi connectivity index (χ4v) is 3.11. The van der Waals surface area contributed by atoms with E-state index in [4.69, 9.17) is 16.1 Å². The molecular formula is C22H17ClN2O2. The molecule has 0 aliphatic heterocycles. The van der Waals surface area contributed by atoms with E-state index in [1.807, 2.05) is 50.2 Å². The Morgan fingerprint density at radius 1 is 1.04 bits per heavy atom. The molecule has 27 heavy (non-hydrogen) atoms. The number of halogens is 1. The first-order valence-electron chi connectivity index (χ1n) is 8.56. The summed E-state index contributed by atoms with van der Waals surface area (Å²) in [4.78, 5) is 12.7. The van der Waals surface area contributed by atoms with Crippen LogP contribution in [0.4, 0.5) is 5.69 Å². The maximum atomic E-state index is 12.7. The molecule has 0 atom stereocenters. The predicted molar refractivity (Wildman–Crippen MR) is 108 cm³/mol. The van der Waals surface area contributed by atoms with E-state index in [1.165, 1.54) is 5.56 Å². The van der Waals surface area contributed by atoms with Crippen molar-refractivity contribution in [1.82, 2.24) is 5.16 Å². The smallest absolute Gasteiger partial charge is 0.255 e. The molecule has 1 heterocycles. The molecule has 1 aromatic heterocycles. The fourth-order valence-electron chi connectivity index (χ4n) is 2.93. The summed E-state index contributed by atoms with van der Waals surface area (Å²) in [5, 5.41) is 8.44. The van der Waals surface area contributed by atoms with Crippen molar-refractivity contribution in [1.29, 1.82) is 0 Å². The third-order valence-corrected chi connectivity index (χ3v) is 4.98. The van der Waals surface area contributed by atoms with Crippen LogP contribution in [0, 0.1) is 13.8 Å². The van der Waals surface area contributed by atoms with Gasteiger partial charge in [-0.2, -0.15) is 0 Å². The van der Waals surface area contributed by atoms with Gasteiger partial charge in [-0.05, 0) is 49.7 Å². The van der Waals surface area contributed by atoms with Gasteiger partial charge in [0, 0.05) is 21.8 Å². The first-order chi connectivity index (χ1) is 13.0. The number of carbonyl (C=O) groups is 1. The molecule has 0 fully saturated rings. The van der Waals surface area contributed by atoms with Gasteiger partial charge in [0.1, 0.15) is 5.52 Å². The molecule has 0 aliphatic rings. The molecule has 4 nitrogen and oxygen atoms in total. The van der Waals surface area contributed by atoms with Gasteiger partial charge in [0.25, 0.3) is 5.91 Å². The van der Waals surface area contributed by atoms with Gasteiger partial charge in [0.15, 0.2) is 5.76 Å². The molecule has 4 rings (SSSR count). The Bertz CT molecular complexity index is 1150. The van der Waals surface area contributed by atoms with Crippen molar-refractivity contribution in [2.24, 2.45) is 0 Å². The second kappa shape index (κ2) is 6.89. The minimum absolute atomic E-state index is 0.210. The van der Waals surface area contributed by atoms with Crippen molar-refractivity contribution in [2.45, 2.75) is 13.8 Å². The summed E-state index contributed by atoms with van der Waals surface area (Å²) >= 11 is 6.13. The number of carbonyl (C=O) groups excluding carboxylic acids is 1. The Morgan fingerprint density at radius 3 is 2.59 bits per heavy atom. The lowest BCUT2D eigenvalue weighted by Gasteiger charge is -2.09. The number of benzene rings is 3. The summed E-state index contributed by atoms with van der Waals surface area (Å²) < 4.78 is 5.53. The molecule has 0 saturated carbocycles. The van der Waals surface area contributed by atoms with E-state index in [9.17, 15) is 4.79 Å². The third kappa shape index (κ3) is 3.32. The van der Waals surface area contributed by atoms with Crippen molar-refractivity contribution in [3.05, 3.63) is 82.4 Å². The highest BCUT2D eigenvalue weighted by Crippen LogP contribution is 2.30. The number of fused-ring (bicyclic) bond motifs is 1. The number of rotatable bonds is 3. The maximum Gasteiger partial charge on any atom is 0.255 e. The van der Waals surface area contributed by atoms with Crippen molar-refractivity contribution < 1.29 is 9.32 Å². The summed E-state index contributed by atoms with van der Waals surface area (Å²) in [7, 11) is 0. The van der Waals surface area contributed by atoms with E-state index in [0.717, 1.165) is 16.5 Å². The predicted octanol–water partition coefficient (Wildman–Crippen LogP) is 6.02. The molecule has 134 valence electrons. The van der Waals surface area contributed by atoms with Crippen molar-refractivity contribution >= 4 is 34.1 Å². The number of amides is 1. The highest BCUT2D eigenvalue weighted by atomic mass is 35.5. The summed E-state index contributed by atoms with van der Waals surface area (Å²) in [5.41, 5.74) is 4.85. The minimum Gasteiger partial charge on any atom is -0.355 e. The largest absolute Gasteiger partial charge is 0.355 e. The van der Waals surface area contributed by atoms with Gasteiger partial charge in [0.2, 0.25) is 0 Å². The Balaban J connectivity index is 1.70. The maximum absolute atomic E-state index is 12.7. The molecule has 0 spiro atoms. The molecule has 0 radical (unpaired) electrons. The fraction of sp³-hybridized carbons (Fsp3) is 0.0909. The molecule has 0 saturated heterocycles. The Kier molecular flexibility index (Phi) is 4.42. The monoisotopic (exact) mass is 376 g/mol. The van der Waals surface area contributed by atoms with E-state index < -0.39 is 0 Å². The van der Waals surface area contributed by atoms with Gasteiger partial charge in [-0.15, -0.1) is 0 Å². The van der Waals surface area contributed by atoms with E-state index in [0.29, 0.717) is 27.6 Å². The number of nitrogens with one attached hydrogen (secondary N) is 1. The van der Waals surface area contributed by atoms with Crippen LogP contribution < -0.4 is 5.32 Å². The lowest BCUT2D eigenvalue weighted by molar-refractivity contribution is 0.102. The Labute approximate surface area is 161 Å². The number of anilines is 1. The van der Waals surface area contributed by atoms with Crippen molar-refractivity contribution in [3.8, 4) is 11.3 Å². The van der Waals surface area contributed by atoms with Crippen molar-refractivity contribution in [2.75, 3.05) is 5.32 Å². The van der Waals surface area contributed by atoms with Gasteiger partial charge < -0.3 is 9.84 Å². The molecule has 0 aliphatic carbocycles. The first-order valence-corrected chi connectivity index (χ1v) is 8.93. The molecule has 1 amide bonds. The number of nitrogens with zero attached hydrogens (tertiary/aromatic N) is 1. The molecule has 1 N–H and O–H groups in total. The molecule has 5 heteroatoms. The Morgan fingerprint density at radius 2 is 1.81 bits per heavy atom. The minimum atomic E-state index is -0.210. The lowest BCUT2D eigenvalue weighted by Crippen LogP contribution is -2.12.